The van der Waals surface area contributed by atoms with Crippen LogP contribution in [0.3, 0.4) is 0 Å². The summed E-state index contributed by atoms with van der Waals surface area (Å²) >= 11 is 1.48. The molecule has 0 aliphatic heterocycles. The van der Waals surface area contributed by atoms with Crippen LogP contribution in [0.25, 0.3) is 53.3 Å². The molecule has 6 rings (SSSR count). The number of benzene rings is 4. The lowest BCUT2D eigenvalue weighted by Gasteiger charge is -2.10. The number of aromatic nitrogens is 1. The van der Waals surface area contributed by atoms with Gasteiger partial charge in [0.1, 0.15) is 12.9 Å². The fourth-order valence-electron chi connectivity index (χ4n) is 5.10. The van der Waals surface area contributed by atoms with E-state index in [0.717, 1.165) is 59.9 Å². The van der Waals surface area contributed by atoms with Crippen molar-refractivity contribution in [3.8, 4) is 28.5 Å². The first-order valence-electron chi connectivity index (χ1n) is 15.3. The molecular formula is C33H26FN2S+. The summed E-state index contributed by atoms with van der Waals surface area (Å²) in [6, 6.07) is 25.2. The fraction of sp³-hybridized carbons (Fsp3) is 0.152. The smallest absolute Gasteiger partial charge is 0.206 e. The number of rotatable bonds is 3. The Morgan fingerprint density at radius 2 is 1.68 bits per heavy atom. The molecule has 0 atom stereocenters. The van der Waals surface area contributed by atoms with Gasteiger partial charge in [0.05, 0.1) is 22.8 Å². The molecule has 2 nitrogen and oxygen atoms in total. The molecular weight excluding hydrogens is 475 g/mol. The van der Waals surface area contributed by atoms with E-state index in [1.807, 2.05) is 67.6 Å². The summed E-state index contributed by atoms with van der Waals surface area (Å²) in [5, 5.41) is 14.1. The van der Waals surface area contributed by atoms with E-state index in [0.29, 0.717) is 16.8 Å². The Balaban J connectivity index is 1.63. The lowest BCUT2D eigenvalue weighted by molar-refractivity contribution is -0.661. The van der Waals surface area contributed by atoms with Crippen molar-refractivity contribution in [2.24, 2.45) is 7.05 Å². The molecule has 0 saturated carbocycles. The number of halogens is 1. The van der Waals surface area contributed by atoms with Crippen LogP contribution in [-0.4, -0.2) is 0 Å². The number of thiophene rings is 1. The van der Waals surface area contributed by atoms with Crippen molar-refractivity contribution in [3.63, 3.8) is 0 Å². The summed E-state index contributed by atoms with van der Waals surface area (Å²) in [4.78, 5) is 0. The van der Waals surface area contributed by atoms with E-state index in [1.54, 1.807) is 7.05 Å². The average molecular weight is 509 g/mol. The molecule has 0 N–H and O–H groups in total. The third kappa shape index (κ3) is 3.70. The predicted molar refractivity (Wildman–Crippen MR) is 152 cm³/mol. The van der Waals surface area contributed by atoms with Gasteiger partial charge in [-0.3, -0.25) is 0 Å². The zero-order valence-corrected chi connectivity index (χ0v) is 21.0. The molecule has 4 heteroatoms. The second-order valence-electron chi connectivity index (χ2n) is 9.18. The number of hydrogen-bond donors (Lipinski definition) is 0. The third-order valence-electron chi connectivity index (χ3n) is 6.93. The van der Waals surface area contributed by atoms with Gasteiger partial charge in [0.25, 0.3) is 0 Å². The van der Waals surface area contributed by atoms with Gasteiger partial charge in [0, 0.05) is 41.4 Å². The largest absolute Gasteiger partial charge is 0.216 e. The minimum atomic E-state index is -3.31. The van der Waals surface area contributed by atoms with Crippen molar-refractivity contribution in [2.75, 3.05) is 0 Å². The maximum Gasteiger partial charge on any atom is 0.216 e. The van der Waals surface area contributed by atoms with Crippen LogP contribution in [0.15, 0.2) is 79.0 Å². The molecule has 0 fully saturated rings. The Morgan fingerprint density at radius 1 is 0.946 bits per heavy atom. The Kier molecular flexibility index (Phi) is 3.95. The van der Waals surface area contributed by atoms with Crippen LogP contribution in [0.1, 0.15) is 45.9 Å². The SMILES string of the molecule is [2H]C([2H])([2H])C([2H])(c1c[n+](C)c(-c2c(C)ccc3c2sc2c(-c4ccc5ccccc5c4)c(C#N)ccc23)cc1F)C([2H])([2H])[2H]. The summed E-state index contributed by atoms with van der Waals surface area (Å²) < 4.78 is 74.5. The highest BCUT2D eigenvalue weighted by molar-refractivity contribution is 7.27. The van der Waals surface area contributed by atoms with Crippen LogP contribution in [0, 0.1) is 24.1 Å². The van der Waals surface area contributed by atoms with Gasteiger partial charge in [0.15, 0.2) is 6.20 Å². The normalized spacial score (nSPS) is 15.4. The molecule has 0 bridgehead atoms. The molecule has 2 heterocycles. The molecule has 2 aromatic heterocycles. The van der Waals surface area contributed by atoms with Gasteiger partial charge in [-0.15, -0.1) is 11.3 Å². The van der Waals surface area contributed by atoms with Gasteiger partial charge in [-0.1, -0.05) is 68.3 Å². The van der Waals surface area contributed by atoms with E-state index in [-0.39, 0.29) is 0 Å². The van der Waals surface area contributed by atoms with Crippen molar-refractivity contribution < 1.29 is 18.6 Å². The highest BCUT2D eigenvalue weighted by Gasteiger charge is 2.24. The monoisotopic (exact) mass is 508 g/mol. The molecule has 0 aliphatic rings. The molecule has 37 heavy (non-hydrogen) atoms. The van der Waals surface area contributed by atoms with Gasteiger partial charge in [-0.05, 0) is 46.8 Å². The van der Waals surface area contributed by atoms with Gasteiger partial charge in [-0.2, -0.15) is 5.26 Å². The van der Waals surface area contributed by atoms with E-state index in [9.17, 15) is 5.26 Å². The Labute approximate surface area is 229 Å². The van der Waals surface area contributed by atoms with E-state index in [4.69, 9.17) is 9.60 Å². The summed E-state index contributed by atoms with van der Waals surface area (Å²) in [6.07, 6.45) is 1.11. The Hall–Kier alpha value is -4.07. The molecule has 180 valence electrons. The van der Waals surface area contributed by atoms with Crippen LogP contribution < -0.4 is 4.57 Å². The van der Waals surface area contributed by atoms with Gasteiger partial charge >= 0.3 is 0 Å². The Bertz CT molecular complexity index is 2160. The quantitative estimate of drug-likeness (QED) is 0.219. The number of nitriles is 1. The van der Waals surface area contributed by atoms with Crippen LogP contribution in [-0.2, 0) is 7.05 Å². The highest BCUT2D eigenvalue weighted by atomic mass is 32.1. The lowest BCUT2D eigenvalue weighted by Crippen LogP contribution is -2.32. The van der Waals surface area contributed by atoms with Crippen molar-refractivity contribution >= 4 is 42.3 Å². The van der Waals surface area contributed by atoms with Crippen LogP contribution in [0.5, 0.6) is 0 Å². The molecule has 0 spiro atoms. The van der Waals surface area contributed by atoms with Crippen molar-refractivity contribution in [3.05, 3.63) is 102 Å². The lowest BCUT2D eigenvalue weighted by atomic mass is 9.94. The zero-order chi connectivity index (χ0) is 31.8. The molecule has 4 aromatic carbocycles. The van der Waals surface area contributed by atoms with E-state index in [2.05, 4.69) is 12.1 Å². The van der Waals surface area contributed by atoms with Gasteiger partial charge in [-0.25, -0.2) is 8.96 Å². The van der Waals surface area contributed by atoms with E-state index in [1.165, 1.54) is 15.9 Å². The summed E-state index contributed by atoms with van der Waals surface area (Å²) in [5.74, 6) is -4.25. The van der Waals surface area contributed by atoms with E-state index < -0.39 is 31.0 Å². The number of fused-ring (bicyclic) bond motifs is 4. The second kappa shape index (κ2) is 8.80. The van der Waals surface area contributed by atoms with Crippen LogP contribution in [0.4, 0.5) is 4.39 Å². The molecule has 0 radical (unpaired) electrons. The number of pyridine rings is 1. The number of hydrogen-bond acceptors (Lipinski definition) is 2. The molecule has 6 aromatic rings. The molecule has 0 unspecified atom stereocenters. The summed E-state index contributed by atoms with van der Waals surface area (Å²) in [6.45, 7) is -4.74. The average Bonchev–Trinajstić information content (AvgIpc) is 3.34. The van der Waals surface area contributed by atoms with Crippen molar-refractivity contribution in [2.45, 2.75) is 26.5 Å². The summed E-state index contributed by atoms with van der Waals surface area (Å²) in [5.41, 5.74) is 3.42. The predicted octanol–water partition coefficient (Wildman–Crippen LogP) is 8.81. The fourth-order valence-corrected chi connectivity index (χ4v) is 6.58. The topological polar surface area (TPSA) is 27.7 Å². The maximum absolute atomic E-state index is 15.9. The van der Waals surface area contributed by atoms with Gasteiger partial charge < -0.3 is 0 Å². The molecule has 0 saturated heterocycles. The molecule has 0 aliphatic carbocycles. The van der Waals surface area contributed by atoms with Gasteiger partial charge in [0.2, 0.25) is 5.69 Å². The zero-order valence-electron chi connectivity index (χ0n) is 27.2. The van der Waals surface area contributed by atoms with Crippen molar-refractivity contribution in [1.29, 1.82) is 5.26 Å². The Morgan fingerprint density at radius 3 is 2.43 bits per heavy atom. The van der Waals surface area contributed by atoms with E-state index >= 15 is 4.39 Å². The minimum Gasteiger partial charge on any atom is -0.206 e. The summed E-state index contributed by atoms with van der Waals surface area (Å²) in [7, 11) is 1.58. The maximum atomic E-state index is 15.9. The molecule has 0 amide bonds. The first-order chi connectivity index (χ1) is 20.7. The highest BCUT2D eigenvalue weighted by Crippen LogP contribution is 2.46. The standard InChI is InChI=1S/C33H26FN2S/c1-19(2)27-18-36(4)29(16-28(27)34)30-20(3)9-13-25-26-14-12-24(17-35)31(33(26)37-32(25)30)23-11-10-21-7-5-6-8-22(21)15-23/h5-16,18-19H,1-4H3/q+1/i1D3,2D3,19D. The first kappa shape index (κ1) is 16.6. The number of aryl methyl sites for hydroxylation is 2. The first-order valence-corrected chi connectivity index (χ1v) is 12.6. The number of nitrogens with zero attached hydrogens (tertiary/aromatic N) is 2. The van der Waals surface area contributed by atoms with Crippen LogP contribution >= 0.6 is 11.3 Å². The van der Waals surface area contributed by atoms with Crippen molar-refractivity contribution in [1.82, 2.24) is 0 Å². The third-order valence-corrected chi connectivity index (χ3v) is 8.18. The van der Waals surface area contributed by atoms with Crippen LogP contribution in [0.2, 0.25) is 0 Å². The minimum absolute atomic E-state index is 0.395. The second-order valence-corrected chi connectivity index (χ2v) is 10.2.